The zero-order chi connectivity index (χ0) is 15.0. The van der Waals surface area contributed by atoms with Gasteiger partial charge in [0.1, 0.15) is 0 Å². The van der Waals surface area contributed by atoms with Crippen molar-refractivity contribution in [2.45, 2.75) is 20.3 Å². The van der Waals surface area contributed by atoms with Crippen molar-refractivity contribution in [2.75, 3.05) is 26.7 Å². The molecule has 0 aliphatic carbocycles. The molecule has 2 aromatic rings. The van der Waals surface area contributed by atoms with Gasteiger partial charge in [-0.1, -0.05) is 0 Å². The maximum Gasteiger partial charge on any atom is 0.253 e. The number of nitrogens with one attached hydrogen (secondary N) is 2. The normalized spacial score (nSPS) is 18.6. The molecule has 1 fully saturated rings. The minimum atomic E-state index is 0.161. The molecular formula is C17H23N3O. The molecule has 1 saturated heterocycles. The van der Waals surface area contributed by atoms with Crippen LogP contribution in [0.1, 0.15) is 28.0 Å². The van der Waals surface area contributed by atoms with Gasteiger partial charge in [-0.05, 0) is 63.5 Å². The highest BCUT2D eigenvalue weighted by molar-refractivity contribution is 5.99. The molecule has 1 aromatic carbocycles. The van der Waals surface area contributed by atoms with Crippen LogP contribution in [0.2, 0.25) is 0 Å². The molecule has 1 aromatic heterocycles. The van der Waals surface area contributed by atoms with Crippen molar-refractivity contribution in [3.05, 3.63) is 35.0 Å². The first-order valence-corrected chi connectivity index (χ1v) is 7.63. The molecular weight excluding hydrogens is 262 g/mol. The fourth-order valence-electron chi connectivity index (χ4n) is 3.25. The molecule has 4 heteroatoms. The van der Waals surface area contributed by atoms with Gasteiger partial charge in [-0.3, -0.25) is 4.79 Å². The Morgan fingerprint density at radius 2 is 2.24 bits per heavy atom. The Bertz CT molecular complexity index is 674. The second-order valence-corrected chi connectivity index (χ2v) is 6.10. The van der Waals surface area contributed by atoms with Crippen molar-refractivity contribution < 1.29 is 4.79 Å². The molecule has 3 rings (SSSR count). The number of H-pyrrole nitrogens is 1. The lowest BCUT2D eigenvalue weighted by atomic mass is 10.1. The zero-order valence-electron chi connectivity index (χ0n) is 13.0. The molecule has 2 heterocycles. The number of fused-ring (bicyclic) bond motifs is 1. The van der Waals surface area contributed by atoms with Gasteiger partial charge in [0.2, 0.25) is 0 Å². The summed E-state index contributed by atoms with van der Waals surface area (Å²) in [4.78, 5) is 18.0. The molecule has 0 saturated carbocycles. The van der Waals surface area contributed by atoms with Crippen LogP contribution in [0.3, 0.4) is 0 Å². The SMILES string of the molecule is CNCC1CCN(C(=O)c2ccc3[nH]c(C)c(C)c3c2)C1. The van der Waals surface area contributed by atoms with Crippen LogP contribution in [0.4, 0.5) is 0 Å². The molecule has 2 N–H and O–H groups in total. The molecule has 0 bridgehead atoms. The summed E-state index contributed by atoms with van der Waals surface area (Å²) in [5.41, 5.74) is 4.31. The summed E-state index contributed by atoms with van der Waals surface area (Å²) in [6.07, 6.45) is 1.09. The smallest absolute Gasteiger partial charge is 0.253 e. The first-order valence-electron chi connectivity index (χ1n) is 7.63. The zero-order valence-corrected chi connectivity index (χ0v) is 13.0. The summed E-state index contributed by atoms with van der Waals surface area (Å²) in [5, 5.41) is 4.36. The van der Waals surface area contributed by atoms with E-state index in [0.717, 1.165) is 42.5 Å². The highest BCUT2D eigenvalue weighted by Gasteiger charge is 2.26. The Morgan fingerprint density at radius 3 is 3.00 bits per heavy atom. The van der Waals surface area contributed by atoms with Gasteiger partial charge >= 0.3 is 0 Å². The minimum Gasteiger partial charge on any atom is -0.358 e. The highest BCUT2D eigenvalue weighted by Crippen LogP contribution is 2.24. The van der Waals surface area contributed by atoms with E-state index in [2.05, 4.69) is 24.1 Å². The molecule has 1 aliphatic heterocycles. The lowest BCUT2D eigenvalue weighted by molar-refractivity contribution is 0.0787. The third-order valence-electron chi connectivity index (χ3n) is 4.62. The maximum atomic E-state index is 12.7. The van der Waals surface area contributed by atoms with E-state index >= 15 is 0 Å². The number of aromatic amines is 1. The van der Waals surface area contributed by atoms with E-state index in [4.69, 9.17) is 0 Å². The number of carbonyl (C=O) groups excluding carboxylic acids is 1. The van der Waals surface area contributed by atoms with Crippen LogP contribution in [0, 0.1) is 19.8 Å². The van der Waals surface area contributed by atoms with E-state index in [1.165, 1.54) is 11.3 Å². The Morgan fingerprint density at radius 1 is 1.43 bits per heavy atom. The van der Waals surface area contributed by atoms with Crippen LogP contribution in [-0.4, -0.2) is 42.5 Å². The number of rotatable bonds is 3. The summed E-state index contributed by atoms with van der Waals surface area (Å²) in [7, 11) is 1.97. The van der Waals surface area contributed by atoms with Gasteiger partial charge < -0.3 is 15.2 Å². The molecule has 4 nitrogen and oxygen atoms in total. The average molecular weight is 285 g/mol. The van der Waals surface area contributed by atoms with Crippen molar-refractivity contribution in [3.8, 4) is 0 Å². The predicted molar refractivity (Wildman–Crippen MR) is 85.7 cm³/mol. The number of hydrogen-bond donors (Lipinski definition) is 2. The van der Waals surface area contributed by atoms with E-state index in [0.29, 0.717) is 5.92 Å². The summed E-state index contributed by atoms with van der Waals surface area (Å²) in [5.74, 6) is 0.743. The maximum absolute atomic E-state index is 12.7. The number of aromatic nitrogens is 1. The second-order valence-electron chi connectivity index (χ2n) is 6.10. The largest absolute Gasteiger partial charge is 0.358 e. The van der Waals surface area contributed by atoms with Crippen LogP contribution in [-0.2, 0) is 0 Å². The Balaban J connectivity index is 1.83. The lowest BCUT2D eigenvalue weighted by Crippen LogP contribution is -2.30. The van der Waals surface area contributed by atoms with Crippen molar-refractivity contribution in [3.63, 3.8) is 0 Å². The highest BCUT2D eigenvalue weighted by atomic mass is 16.2. The first-order chi connectivity index (χ1) is 10.1. The van der Waals surface area contributed by atoms with Crippen molar-refractivity contribution >= 4 is 16.8 Å². The van der Waals surface area contributed by atoms with Crippen LogP contribution in [0.5, 0.6) is 0 Å². The van der Waals surface area contributed by atoms with E-state index in [1.54, 1.807) is 0 Å². The van der Waals surface area contributed by atoms with Crippen molar-refractivity contribution in [2.24, 2.45) is 5.92 Å². The lowest BCUT2D eigenvalue weighted by Gasteiger charge is -2.16. The van der Waals surface area contributed by atoms with Gasteiger partial charge in [0.25, 0.3) is 5.91 Å². The van der Waals surface area contributed by atoms with Crippen LogP contribution in [0.15, 0.2) is 18.2 Å². The van der Waals surface area contributed by atoms with Crippen LogP contribution >= 0.6 is 0 Å². The van der Waals surface area contributed by atoms with Gasteiger partial charge in [-0.2, -0.15) is 0 Å². The van der Waals surface area contributed by atoms with E-state index in [1.807, 2.05) is 30.1 Å². The monoisotopic (exact) mass is 285 g/mol. The van der Waals surface area contributed by atoms with E-state index < -0.39 is 0 Å². The Hall–Kier alpha value is -1.81. The number of benzene rings is 1. The predicted octanol–water partition coefficient (Wildman–Crippen LogP) is 2.47. The summed E-state index contributed by atoms with van der Waals surface area (Å²) >= 11 is 0. The minimum absolute atomic E-state index is 0.161. The molecule has 1 amide bonds. The molecule has 1 unspecified atom stereocenters. The molecule has 1 atom stereocenters. The molecule has 112 valence electrons. The number of nitrogens with zero attached hydrogens (tertiary/aromatic N) is 1. The van der Waals surface area contributed by atoms with E-state index in [-0.39, 0.29) is 5.91 Å². The quantitative estimate of drug-likeness (QED) is 0.910. The second kappa shape index (κ2) is 5.53. The van der Waals surface area contributed by atoms with Gasteiger partial charge in [0.15, 0.2) is 0 Å². The molecule has 21 heavy (non-hydrogen) atoms. The topological polar surface area (TPSA) is 48.1 Å². The molecule has 0 spiro atoms. The summed E-state index contributed by atoms with van der Waals surface area (Å²) < 4.78 is 0. The summed E-state index contributed by atoms with van der Waals surface area (Å²) in [6, 6.07) is 5.98. The first kappa shape index (κ1) is 14.1. The number of likely N-dealkylation sites (tertiary alicyclic amines) is 1. The van der Waals surface area contributed by atoms with Gasteiger partial charge in [0, 0.05) is 35.2 Å². The number of amides is 1. The van der Waals surface area contributed by atoms with Gasteiger partial charge in [-0.25, -0.2) is 0 Å². The number of hydrogen-bond acceptors (Lipinski definition) is 2. The molecule has 1 aliphatic rings. The Labute approximate surface area is 125 Å². The third-order valence-corrected chi connectivity index (χ3v) is 4.62. The fraction of sp³-hybridized carbons (Fsp3) is 0.471. The van der Waals surface area contributed by atoms with Crippen molar-refractivity contribution in [1.29, 1.82) is 0 Å². The Kier molecular flexibility index (Phi) is 3.72. The summed E-state index contributed by atoms with van der Waals surface area (Å²) in [6.45, 7) is 6.89. The van der Waals surface area contributed by atoms with Crippen LogP contribution < -0.4 is 5.32 Å². The average Bonchev–Trinajstić information content (AvgIpc) is 3.05. The van der Waals surface area contributed by atoms with Crippen molar-refractivity contribution in [1.82, 2.24) is 15.2 Å². The number of carbonyl (C=O) groups is 1. The van der Waals surface area contributed by atoms with Gasteiger partial charge in [0.05, 0.1) is 0 Å². The van der Waals surface area contributed by atoms with Gasteiger partial charge in [-0.15, -0.1) is 0 Å². The fourth-order valence-corrected chi connectivity index (χ4v) is 3.25. The standard InChI is InChI=1S/C17H23N3O/c1-11-12(2)19-16-5-4-14(8-15(11)16)17(21)20-7-6-13(10-20)9-18-3/h4-5,8,13,18-19H,6-7,9-10H2,1-3H3. The van der Waals surface area contributed by atoms with E-state index in [9.17, 15) is 4.79 Å². The molecule has 0 radical (unpaired) electrons. The van der Waals surface area contributed by atoms with Crippen LogP contribution in [0.25, 0.3) is 10.9 Å². The third kappa shape index (κ3) is 2.56. The number of aryl methyl sites for hydroxylation is 2.